The quantitative estimate of drug-likeness (QED) is 0.446. The SMILES string of the molecule is C[Si](C)(CO)CCl. The molecule has 0 aromatic carbocycles. The molecule has 0 spiro atoms. The van der Waals surface area contributed by atoms with Gasteiger partial charge in [0.25, 0.3) is 0 Å². The van der Waals surface area contributed by atoms with Crippen LogP contribution in [0.4, 0.5) is 0 Å². The molecule has 0 aliphatic carbocycles. The van der Waals surface area contributed by atoms with E-state index in [0.717, 1.165) is 0 Å². The Kier molecular flexibility index (Phi) is 2.88. The zero-order chi connectivity index (χ0) is 5.91. The Labute approximate surface area is 50.3 Å². The predicted octanol–water partition coefficient (Wildman–Crippen LogP) is 1.00. The lowest BCUT2D eigenvalue weighted by molar-refractivity contribution is 0.359. The van der Waals surface area contributed by atoms with Crippen LogP contribution < -0.4 is 0 Å². The fourth-order valence-electron chi connectivity index (χ4n) is 0.0423. The van der Waals surface area contributed by atoms with Crippen LogP contribution in [0.25, 0.3) is 0 Å². The summed E-state index contributed by atoms with van der Waals surface area (Å²) in [5, 5.41) is 8.57. The number of alkyl halides is 1. The highest BCUT2D eigenvalue weighted by molar-refractivity contribution is 6.82. The maximum absolute atomic E-state index is 8.57. The highest BCUT2D eigenvalue weighted by Crippen LogP contribution is 2.00. The summed E-state index contributed by atoms with van der Waals surface area (Å²) in [5.41, 5.74) is 0.656. The Morgan fingerprint density at radius 3 is 2.00 bits per heavy atom. The number of halogens is 1. The molecule has 0 fully saturated rings. The molecule has 0 amide bonds. The van der Waals surface area contributed by atoms with E-state index in [0.29, 0.717) is 11.7 Å². The summed E-state index contributed by atoms with van der Waals surface area (Å²) in [4.78, 5) is 0. The summed E-state index contributed by atoms with van der Waals surface area (Å²) >= 11 is 5.50. The van der Waals surface area contributed by atoms with Gasteiger partial charge in [-0.15, -0.1) is 11.6 Å². The van der Waals surface area contributed by atoms with Crippen molar-refractivity contribution in [2.24, 2.45) is 0 Å². The van der Waals surface area contributed by atoms with Crippen molar-refractivity contribution in [1.29, 1.82) is 0 Å². The normalized spacial score (nSPS) is 12.0. The predicted molar refractivity (Wildman–Crippen MR) is 35.3 cm³/mol. The van der Waals surface area contributed by atoms with Gasteiger partial charge in [-0.1, -0.05) is 13.1 Å². The van der Waals surface area contributed by atoms with E-state index in [4.69, 9.17) is 16.7 Å². The van der Waals surface area contributed by atoms with Gasteiger partial charge in [0, 0.05) is 11.7 Å². The number of aliphatic hydroxyl groups excluding tert-OH is 1. The van der Waals surface area contributed by atoms with Gasteiger partial charge in [-0.25, -0.2) is 0 Å². The van der Waals surface area contributed by atoms with Gasteiger partial charge >= 0.3 is 0 Å². The van der Waals surface area contributed by atoms with Crippen molar-refractivity contribution in [3.63, 3.8) is 0 Å². The van der Waals surface area contributed by atoms with E-state index >= 15 is 0 Å². The molecule has 0 aromatic heterocycles. The van der Waals surface area contributed by atoms with Gasteiger partial charge in [0.2, 0.25) is 0 Å². The summed E-state index contributed by atoms with van der Waals surface area (Å²) in [7, 11) is -1.33. The largest absolute Gasteiger partial charge is 0.400 e. The highest BCUT2D eigenvalue weighted by Gasteiger charge is 2.16. The molecule has 0 aliphatic rings. The van der Waals surface area contributed by atoms with Gasteiger partial charge in [-0.3, -0.25) is 0 Å². The molecule has 44 valence electrons. The summed E-state index contributed by atoms with van der Waals surface area (Å²) in [6.45, 7) is 4.11. The van der Waals surface area contributed by atoms with E-state index in [1.165, 1.54) is 0 Å². The zero-order valence-electron chi connectivity index (χ0n) is 4.74. The molecule has 0 rings (SSSR count). The van der Waals surface area contributed by atoms with E-state index < -0.39 is 8.07 Å². The summed E-state index contributed by atoms with van der Waals surface area (Å²) in [6.07, 6.45) is 0.302. The summed E-state index contributed by atoms with van der Waals surface area (Å²) in [5.74, 6) is 0. The van der Waals surface area contributed by atoms with Crippen molar-refractivity contribution in [2.45, 2.75) is 13.1 Å². The minimum absolute atomic E-state index is 0.302. The Hall–Kier alpha value is 0.467. The minimum Gasteiger partial charge on any atom is -0.400 e. The van der Waals surface area contributed by atoms with Crippen molar-refractivity contribution in [1.82, 2.24) is 0 Å². The lowest BCUT2D eigenvalue weighted by Gasteiger charge is -2.12. The van der Waals surface area contributed by atoms with Crippen LogP contribution in [-0.4, -0.2) is 24.9 Å². The first kappa shape index (κ1) is 7.47. The van der Waals surface area contributed by atoms with Crippen molar-refractivity contribution in [3.05, 3.63) is 0 Å². The molecule has 0 bridgehead atoms. The molecule has 0 saturated heterocycles. The molecule has 1 N–H and O–H groups in total. The van der Waals surface area contributed by atoms with Crippen molar-refractivity contribution in [3.8, 4) is 0 Å². The second-order valence-corrected chi connectivity index (χ2v) is 8.17. The van der Waals surface area contributed by atoms with E-state index in [1.807, 2.05) is 0 Å². The van der Waals surface area contributed by atoms with Crippen LogP contribution >= 0.6 is 11.6 Å². The monoisotopic (exact) mass is 138 g/mol. The minimum atomic E-state index is -1.33. The number of aliphatic hydroxyl groups is 1. The second kappa shape index (κ2) is 2.70. The fourth-order valence-corrected chi connectivity index (χ4v) is 0.380. The van der Waals surface area contributed by atoms with Crippen LogP contribution in [0.5, 0.6) is 0 Å². The first-order valence-corrected chi connectivity index (χ1v) is 6.24. The lowest BCUT2D eigenvalue weighted by atomic mass is 11.7. The number of hydrogen-bond acceptors (Lipinski definition) is 1. The third-order valence-electron chi connectivity index (χ3n) is 0.790. The topological polar surface area (TPSA) is 20.2 Å². The molecule has 0 saturated carbocycles. The van der Waals surface area contributed by atoms with Crippen molar-refractivity contribution in [2.75, 3.05) is 11.7 Å². The van der Waals surface area contributed by atoms with Crippen LogP contribution in [-0.2, 0) is 0 Å². The summed E-state index contributed by atoms with van der Waals surface area (Å²) < 4.78 is 0. The molecule has 0 aromatic rings. The van der Waals surface area contributed by atoms with Crippen molar-refractivity contribution >= 4 is 19.7 Å². The zero-order valence-corrected chi connectivity index (χ0v) is 6.50. The Morgan fingerprint density at radius 2 is 2.00 bits per heavy atom. The van der Waals surface area contributed by atoms with Crippen molar-refractivity contribution < 1.29 is 5.11 Å². The van der Waals surface area contributed by atoms with Crippen LogP contribution in [0.2, 0.25) is 13.1 Å². The van der Waals surface area contributed by atoms with Crippen LogP contribution in [0.15, 0.2) is 0 Å². The Balaban J connectivity index is 3.36. The molecule has 0 heterocycles. The number of hydrogen-bond donors (Lipinski definition) is 1. The van der Waals surface area contributed by atoms with Gasteiger partial charge in [0.15, 0.2) is 0 Å². The second-order valence-electron chi connectivity index (χ2n) is 2.46. The fraction of sp³-hybridized carbons (Fsp3) is 1.00. The number of rotatable bonds is 2. The molecular formula is C4H11ClOSi. The lowest BCUT2D eigenvalue weighted by Crippen LogP contribution is -2.33. The molecule has 1 nitrogen and oxygen atoms in total. The highest BCUT2D eigenvalue weighted by atomic mass is 35.5. The van der Waals surface area contributed by atoms with E-state index in [2.05, 4.69) is 13.1 Å². The van der Waals surface area contributed by atoms with Gasteiger partial charge < -0.3 is 5.11 Å². The van der Waals surface area contributed by atoms with Gasteiger partial charge in [-0.2, -0.15) is 0 Å². The Bertz CT molecular complexity index is 49.7. The van der Waals surface area contributed by atoms with E-state index in [-0.39, 0.29) is 0 Å². The maximum atomic E-state index is 8.57. The van der Waals surface area contributed by atoms with Crippen LogP contribution in [0, 0.1) is 0 Å². The molecule has 7 heavy (non-hydrogen) atoms. The standard InChI is InChI=1S/C4H11ClOSi/c1-7(2,3-5)4-6/h6H,3-4H2,1-2H3. The summed E-state index contributed by atoms with van der Waals surface area (Å²) in [6, 6.07) is 0. The molecular weight excluding hydrogens is 128 g/mol. The maximum Gasteiger partial charge on any atom is 0.0930 e. The molecule has 0 unspecified atom stereocenters. The molecule has 0 aliphatic heterocycles. The first-order chi connectivity index (χ1) is 3.12. The molecule has 3 heteroatoms. The Morgan fingerprint density at radius 1 is 1.57 bits per heavy atom. The first-order valence-electron chi connectivity index (χ1n) is 2.29. The molecule has 0 radical (unpaired) electrons. The van der Waals surface area contributed by atoms with E-state index in [1.54, 1.807) is 0 Å². The van der Waals surface area contributed by atoms with Gasteiger partial charge in [-0.05, 0) is 0 Å². The van der Waals surface area contributed by atoms with Gasteiger partial charge in [0.1, 0.15) is 0 Å². The average Bonchev–Trinajstić information content (AvgIpc) is 1.68. The smallest absolute Gasteiger partial charge is 0.0930 e. The van der Waals surface area contributed by atoms with E-state index in [9.17, 15) is 0 Å². The van der Waals surface area contributed by atoms with Crippen LogP contribution in [0.3, 0.4) is 0 Å². The van der Waals surface area contributed by atoms with Gasteiger partial charge in [0.05, 0.1) is 8.07 Å². The molecule has 0 atom stereocenters. The average molecular weight is 139 g/mol. The van der Waals surface area contributed by atoms with Crippen LogP contribution in [0.1, 0.15) is 0 Å². The third kappa shape index (κ3) is 3.09. The third-order valence-corrected chi connectivity index (χ3v) is 4.54.